The van der Waals surface area contributed by atoms with Crippen LogP contribution in [0, 0.1) is 5.82 Å². The zero-order chi connectivity index (χ0) is 20.0. The van der Waals surface area contributed by atoms with Crippen LogP contribution in [-0.2, 0) is 9.53 Å². The second-order valence-electron chi connectivity index (χ2n) is 5.52. The third kappa shape index (κ3) is 5.31. The van der Waals surface area contributed by atoms with Crippen molar-refractivity contribution in [3.05, 3.63) is 64.4 Å². The van der Waals surface area contributed by atoms with Gasteiger partial charge in [0, 0.05) is 11.6 Å². The normalized spacial score (nSPS) is 11.9. The zero-order valence-electron chi connectivity index (χ0n) is 15.0. The molecule has 0 heterocycles. The lowest BCUT2D eigenvalue weighted by molar-refractivity contribution is -0.140. The van der Waals surface area contributed by atoms with E-state index < -0.39 is 23.7 Å². The highest BCUT2D eigenvalue weighted by atomic mass is 35.5. The molecule has 1 atom stereocenters. The third-order valence-corrected chi connectivity index (χ3v) is 3.94. The number of halogens is 2. The zero-order valence-corrected chi connectivity index (χ0v) is 15.7. The molecule has 0 fully saturated rings. The Balaban J connectivity index is 2.05. The summed E-state index contributed by atoms with van der Waals surface area (Å²) in [5.74, 6) is -0.780. The Bertz CT molecular complexity index is 861. The van der Waals surface area contributed by atoms with Gasteiger partial charge in [-0.3, -0.25) is 4.79 Å². The van der Waals surface area contributed by atoms with Crippen molar-refractivity contribution in [3.8, 4) is 11.5 Å². The molecule has 0 bridgehead atoms. The number of rotatable bonds is 7. The number of methoxy groups -OCH3 is 2. The van der Waals surface area contributed by atoms with E-state index in [0.29, 0.717) is 22.1 Å². The molecule has 0 aliphatic heterocycles. The first kappa shape index (κ1) is 20.5. The van der Waals surface area contributed by atoms with E-state index in [9.17, 15) is 14.0 Å². The molecule has 0 saturated carbocycles. The summed E-state index contributed by atoms with van der Waals surface area (Å²) >= 11 is 6.11. The molecule has 1 unspecified atom stereocenters. The minimum atomic E-state index is -1.01. The second-order valence-corrected chi connectivity index (χ2v) is 5.93. The standard InChI is InChI=1S/C20H18ClFO5/c1-12(19(24)14-5-7-15(22)8-6-14)27-18(23)9-4-13-10-16(21)20(26-3)17(11-13)25-2/h4-12H,1-3H3/b9-4+. The van der Waals surface area contributed by atoms with Gasteiger partial charge < -0.3 is 14.2 Å². The van der Waals surface area contributed by atoms with E-state index in [1.165, 1.54) is 57.6 Å². The van der Waals surface area contributed by atoms with Crippen LogP contribution in [-0.4, -0.2) is 32.1 Å². The van der Waals surface area contributed by atoms with E-state index in [0.717, 1.165) is 0 Å². The average Bonchev–Trinajstić information content (AvgIpc) is 2.65. The Morgan fingerprint density at radius 1 is 1.11 bits per heavy atom. The van der Waals surface area contributed by atoms with Crippen LogP contribution in [0.15, 0.2) is 42.5 Å². The van der Waals surface area contributed by atoms with E-state index in [4.69, 9.17) is 25.8 Å². The van der Waals surface area contributed by atoms with Gasteiger partial charge in [0.15, 0.2) is 17.6 Å². The molecule has 7 heteroatoms. The number of carbonyl (C=O) groups excluding carboxylic acids is 2. The number of hydrogen-bond donors (Lipinski definition) is 0. The van der Waals surface area contributed by atoms with E-state index >= 15 is 0 Å². The summed E-state index contributed by atoms with van der Waals surface area (Å²) in [6.45, 7) is 1.45. The lowest BCUT2D eigenvalue weighted by Gasteiger charge is -2.11. The first-order valence-corrected chi connectivity index (χ1v) is 8.33. The smallest absolute Gasteiger partial charge is 0.331 e. The van der Waals surface area contributed by atoms with E-state index in [-0.39, 0.29) is 5.56 Å². The van der Waals surface area contributed by atoms with Crippen LogP contribution in [0.3, 0.4) is 0 Å². The van der Waals surface area contributed by atoms with Crippen molar-refractivity contribution >= 4 is 29.4 Å². The maximum absolute atomic E-state index is 12.9. The van der Waals surface area contributed by atoms with Gasteiger partial charge in [-0.25, -0.2) is 9.18 Å². The molecule has 2 aromatic carbocycles. The number of carbonyl (C=O) groups is 2. The van der Waals surface area contributed by atoms with Crippen molar-refractivity contribution in [3.63, 3.8) is 0 Å². The van der Waals surface area contributed by atoms with Gasteiger partial charge in [0.1, 0.15) is 5.82 Å². The van der Waals surface area contributed by atoms with Crippen molar-refractivity contribution in [2.75, 3.05) is 14.2 Å². The summed E-state index contributed by atoms with van der Waals surface area (Å²) in [4.78, 5) is 24.2. The Labute approximate surface area is 161 Å². The third-order valence-electron chi connectivity index (χ3n) is 3.66. The molecule has 0 aliphatic rings. The number of esters is 1. The molecule has 2 rings (SSSR count). The Kier molecular flexibility index (Phi) is 6.96. The predicted molar refractivity (Wildman–Crippen MR) is 99.9 cm³/mol. The molecule has 0 N–H and O–H groups in total. The molecular weight excluding hydrogens is 375 g/mol. The maximum Gasteiger partial charge on any atom is 0.331 e. The van der Waals surface area contributed by atoms with Crippen molar-refractivity contribution in [2.24, 2.45) is 0 Å². The fourth-order valence-corrected chi connectivity index (χ4v) is 2.61. The van der Waals surface area contributed by atoms with Gasteiger partial charge in [0.2, 0.25) is 5.78 Å². The molecule has 0 aliphatic carbocycles. The summed E-state index contributed by atoms with van der Waals surface area (Å²) < 4.78 is 28.3. The maximum atomic E-state index is 12.9. The number of ether oxygens (including phenoxy) is 3. The van der Waals surface area contributed by atoms with Gasteiger partial charge in [0.25, 0.3) is 0 Å². The lowest BCUT2D eigenvalue weighted by atomic mass is 10.1. The quantitative estimate of drug-likeness (QED) is 0.399. The van der Waals surface area contributed by atoms with Crippen LogP contribution in [0.5, 0.6) is 11.5 Å². The number of Topliss-reactive ketones (excluding diaryl/α,β-unsaturated/α-hetero) is 1. The number of hydrogen-bond acceptors (Lipinski definition) is 5. The van der Waals surface area contributed by atoms with Crippen LogP contribution in [0.25, 0.3) is 6.08 Å². The monoisotopic (exact) mass is 392 g/mol. The van der Waals surface area contributed by atoms with Gasteiger partial charge in [0.05, 0.1) is 19.2 Å². The van der Waals surface area contributed by atoms with Crippen LogP contribution in [0.1, 0.15) is 22.8 Å². The van der Waals surface area contributed by atoms with Gasteiger partial charge >= 0.3 is 5.97 Å². The summed E-state index contributed by atoms with van der Waals surface area (Å²) in [5.41, 5.74) is 0.847. The highest BCUT2D eigenvalue weighted by molar-refractivity contribution is 6.32. The number of benzene rings is 2. The van der Waals surface area contributed by atoms with E-state index in [2.05, 4.69) is 0 Å². The molecule has 27 heavy (non-hydrogen) atoms. The highest BCUT2D eigenvalue weighted by Crippen LogP contribution is 2.36. The fraction of sp³-hybridized carbons (Fsp3) is 0.200. The van der Waals surface area contributed by atoms with E-state index in [1.807, 2.05) is 0 Å². The van der Waals surface area contributed by atoms with Crippen molar-refractivity contribution < 1.29 is 28.2 Å². The molecule has 0 saturated heterocycles. The van der Waals surface area contributed by atoms with Crippen LogP contribution >= 0.6 is 11.6 Å². The first-order chi connectivity index (χ1) is 12.8. The van der Waals surface area contributed by atoms with Crippen LogP contribution in [0.2, 0.25) is 5.02 Å². The topological polar surface area (TPSA) is 61.8 Å². The minimum absolute atomic E-state index is 0.257. The molecular formula is C20H18ClFO5. The van der Waals surface area contributed by atoms with Gasteiger partial charge in [-0.05, 0) is 55.0 Å². The van der Waals surface area contributed by atoms with Crippen LogP contribution in [0.4, 0.5) is 4.39 Å². The summed E-state index contributed by atoms with van der Waals surface area (Å²) in [5, 5.41) is 0.324. The molecule has 5 nitrogen and oxygen atoms in total. The molecule has 0 spiro atoms. The lowest BCUT2D eigenvalue weighted by Crippen LogP contribution is -2.23. The Hall–Kier alpha value is -2.86. The highest BCUT2D eigenvalue weighted by Gasteiger charge is 2.18. The average molecular weight is 393 g/mol. The summed E-state index contributed by atoms with van der Waals surface area (Å²) in [7, 11) is 2.94. The summed E-state index contributed by atoms with van der Waals surface area (Å²) in [6.07, 6.45) is 1.64. The largest absolute Gasteiger partial charge is 0.493 e. The fourth-order valence-electron chi connectivity index (χ4n) is 2.31. The summed E-state index contributed by atoms with van der Waals surface area (Å²) in [6, 6.07) is 8.25. The molecule has 0 radical (unpaired) electrons. The predicted octanol–water partition coefficient (Wildman–Crippen LogP) is 4.32. The Morgan fingerprint density at radius 3 is 2.37 bits per heavy atom. The molecule has 0 amide bonds. The second kappa shape index (κ2) is 9.19. The molecule has 2 aromatic rings. The van der Waals surface area contributed by atoms with Crippen LogP contribution < -0.4 is 9.47 Å². The van der Waals surface area contributed by atoms with Crippen molar-refractivity contribution in [1.29, 1.82) is 0 Å². The Morgan fingerprint density at radius 2 is 1.78 bits per heavy atom. The number of ketones is 1. The van der Waals surface area contributed by atoms with Crippen molar-refractivity contribution in [2.45, 2.75) is 13.0 Å². The van der Waals surface area contributed by atoms with Gasteiger partial charge in [-0.1, -0.05) is 11.6 Å². The van der Waals surface area contributed by atoms with Gasteiger partial charge in [-0.15, -0.1) is 0 Å². The van der Waals surface area contributed by atoms with Crippen molar-refractivity contribution in [1.82, 2.24) is 0 Å². The minimum Gasteiger partial charge on any atom is -0.493 e. The van der Waals surface area contributed by atoms with E-state index in [1.54, 1.807) is 12.1 Å². The molecule has 0 aromatic heterocycles. The van der Waals surface area contributed by atoms with Gasteiger partial charge in [-0.2, -0.15) is 0 Å². The SMILES string of the molecule is COc1cc(/C=C/C(=O)OC(C)C(=O)c2ccc(F)cc2)cc(Cl)c1OC. The molecule has 142 valence electrons. The first-order valence-electron chi connectivity index (χ1n) is 7.95.